The second-order valence-electron chi connectivity index (χ2n) is 4.80. The highest BCUT2D eigenvalue weighted by Crippen LogP contribution is 2.30. The minimum atomic E-state index is 0.356. The third-order valence-corrected chi connectivity index (χ3v) is 5.46. The van der Waals surface area contributed by atoms with Crippen LogP contribution in [-0.4, -0.2) is 6.04 Å². The number of rotatable bonds is 6. The lowest BCUT2D eigenvalue weighted by molar-refractivity contribution is 0.372. The van der Waals surface area contributed by atoms with Crippen LogP contribution in [0.1, 0.15) is 43.0 Å². The monoisotopic (exact) mass is 279 g/mol. The molecule has 2 aromatic heterocycles. The molecule has 0 aromatic carbocycles. The molecule has 2 aromatic rings. The van der Waals surface area contributed by atoms with E-state index in [1.165, 1.54) is 16.2 Å². The highest BCUT2D eigenvalue weighted by molar-refractivity contribution is 7.11. The van der Waals surface area contributed by atoms with Crippen LogP contribution in [0.5, 0.6) is 0 Å². The van der Waals surface area contributed by atoms with Gasteiger partial charge in [0.25, 0.3) is 0 Å². The van der Waals surface area contributed by atoms with Gasteiger partial charge in [-0.05, 0) is 35.7 Å². The predicted molar refractivity (Wildman–Crippen MR) is 82.5 cm³/mol. The van der Waals surface area contributed by atoms with E-state index in [-0.39, 0.29) is 0 Å². The van der Waals surface area contributed by atoms with Gasteiger partial charge in [-0.2, -0.15) is 0 Å². The van der Waals surface area contributed by atoms with E-state index in [1.54, 1.807) is 0 Å². The Labute approximate surface area is 118 Å². The Morgan fingerprint density at radius 1 is 1.06 bits per heavy atom. The number of hydrogen-bond acceptors (Lipinski definition) is 3. The third-order valence-electron chi connectivity index (χ3n) is 3.58. The molecule has 1 nitrogen and oxygen atoms in total. The van der Waals surface area contributed by atoms with Crippen LogP contribution in [0.15, 0.2) is 35.0 Å². The second kappa shape index (κ2) is 6.50. The van der Waals surface area contributed by atoms with Crippen molar-refractivity contribution in [1.29, 1.82) is 0 Å². The molecule has 18 heavy (non-hydrogen) atoms. The standard InChI is InChI=1S/C15H21NS2/c1-4-11(2)12(3)16-15(13-7-5-9-17-13)14-8-6-10-18-14/h5-12,15-16H,4H2,1-3H3. The van der Waals surface area contributed by atoms with Crippen LogP contribution >= 0.6 is 22.7 Å². The summed E-state index contributed by atoms with van der Waals surface area (Å²) in [5.41, 5.74) is 0. The van der Waals surface area contributed by atoms with E-state index in [9.17, 15) is 0 Å². The predicted octanol–water partition coefficient (Wildman–Crippen LogP) is 4.92. The van der Waals surface area contributed by atoms with Gasteiger partial charge in [0, 0.05) is 15.8 Å². The molecule has 0 aliphatic carbocycles. The highest BCUT2D eigenvalue weighted by atomic mass is 32.1. The zero-order valence-electron chi connectivity index (χ0n) is 11.2. The summed E-state index contributed by atoms with van der Waals surface area (Å²) in [6.07, 6.45) is 1.22. The topological polar surface area (TPSA) is 12.0 Å². The summed E-state index contributed by atoms with van der Waals surface area (Å²) in [7, 11) is 0. The Kier molecular flexibility index (Phi) is 4.98. The molecule has 0 bridgehead atoms. The molecule has 2 rings (SSSR count). The van der Waals surface area contributed by atoms with Gasteiger partial charge >= 0.3 is 0 Å². The molecule has 3 heteroatoms. The van der Waals surface area contributed by atoms with E-state index < -0.39 is 0 Å². The lowest BCUT2D eigenvalue weighted by atomic mass is 9.99. The number of thiophene rings is 2. The average molecular weight is 279 g/mol. The lowest BCUT2D eigenvalue weighted by Gasteiger charge is -2.25. The maximum atomic E-state index is 3.79. The van der Waals surface area contributed by atoms with Crippen molar-refractivity contribution in [3.63, 3.8) is 0 Å². The molecule has 0 radical (unpaired) electrons. The molecular weight excluding hydrogens is 258 g/mol. The zero-order chi connectivity index (χ0) is 13.0. The van der Waals surface area contributed by atoms with Crippen LogP contribution in [0.25, 0.3) is 0 Å². The smallest absolute Gasteiger partial charge is 0.0766 e. The molecule has 98 valence electrons. The van der Waals surface area contributed by atoms with E-state index in [0.717, 1.165) is 0 Å². The minimum Gasteiger partial charge on any atom is -0.302 e. The average Bonchev–Trinajstić information content (AvgIpc) is 3.06. The molecule has 0 amide bonds. The van der Waals surface area contributed by atoms with Gasteiger partial charge in [-0.25, -0.2) is 0 Å². The molecule has 0 aliphatic heterocycles. The summed E-state index contributed by atoms with van der Waals surface area (Å²) in [5.74, 6) is 0.701. The number of hydrogen-bond donors (Lipinski definition) is 1. The van der Waals surface area contributed by atoms with Gasteiger partial charge in [0.05, 0.1) is 6.04 Å². The normalized spacial score (nSPS) is 14.9. The fourth-order valence-corrected chi connectivity index (χ4v) is 3.68. The van der Waals surface area contributed by atoms with Crippen molar-refractivity contribution in [3.8, 4) is 0 Å². The number of nitrogens with one attached hydrogen (secondary N) is 1. The van der Waals surface area contributed by atoms with Crippen molar-refractivity contribution < 1.29 is 0 Å². The fourth-order valence-electron chi connectivity index (χ4n) is 2.00. The third kappa shape index (κ3) is 3.22. The Bertz CT molecular complexity index is 399. The first-order chi connectivity index (χ1) is 8.72. The zero-order valence-corrected chi connectivity index (χ0v) is 12.9. The van der Waals surface area contributed by atoms with Gasteiger partial charge in [0.2, 0.25) is 0 Å². The molecule has 0 spiro atoms. The quantitative estimate of drug-likeness (QED) is 0.791. The van der Waals surface area contributed by atoms with E-state index in [2.05, 4.69) is 61.1 Å². The largest absolute Gasteiger partial charge is 0.302 e. The lowest BCUT2D eigenvalue weighted by Crippen LogP contribution is -2.35. The summed E-state index contributed by atoms with van der Waals surface area (Å²) in [5, 5.41) is 8.11. The Morgan fingerprint density at radius 3 is 2.00 bits per heavy atom. The van der Waals surface area contributed by atoms with Gasteiger partial charge in [0.1, 0.15) is 0 Å². The molecule has 1 N–H and O–H groups in total. The molecule has 0 saturated heterocycles. The van der Waals surface area contributed by atoms with E-state index in [0.29, 0.717) is 18.0 Å². The minimum absolute atomic E-state index is 0.356. The van der Waals surface area contributed by atoms with Gasteiger partial charge in [-0.15, -0.1) is 22.7 Å². The summed E-state index contributed by atoms with van der Waals surface area (Å²) in [6.45, 7) is 6.87. The van der Waals surface area contributed by atoms with Crippen molar-refractivity contribution in [2.75, 3.05) is 0 Å². The van der Waals surface area contributed by atoms with E-state index in [4.69, 9.17) is 0 Å². The van der Waals surface area contributed by atoms with Crippen molar-refractivity contribution in [2.24, 2.45) is 5.92 Å². The maximum Gasteiger partial charge on any atom is 0.0766 e. The summed E-state index contributed by atoms with van der Waals surface area (Å²) in [6, 6.07) is 9.61. The first kappa shape index (κ1) is 13.8. The first-order valence-corrected chi connectivity index (χ1v) is 8.31. The van der Waals surface area contributed by atoms with E-state index in [1.807, 2.05) is 22.7 Å². The van der Waals surface area contributed by atoms with Gasteiger partial charge < -0.3 is 5.32 Å². The Hall–Kier alpha value is -0.640. The molecule has 2 atom stereocenters. The van der Waals surface area contributed by atoms with Crippen molar-refractivity contribution >= 4 is 22.7 Å². The van der Waals surface area contributed by atoms with Crippen LogP contribution in [-0.2, 0) is 0 Å². The summed E-state index contributed by atoms with van der Waals surface area (Å²) < 4.78 is 0. The Morgan fingerprint density at radius 2 is 1.61 bits per heavy atom. The SMILES string of the molecule is CCC(C)C(C)NC(c1cccs1)c1cccs1. The van der Waals surface area contributed by atoms with Crippen LogP contribution < -0.4 is 5.32 Å². The van der Waals surface area contributed by atoms with E-state index >= 15 is 0 Å². The van der Waals surface area contributed by atoms with Crippen LogP contribution in [0.2, 0.25) is 0 Å². The molecule has 2 unspecified atom stereocenters. The molecule has 2 heterocycles. The second-order valence-corrected chi connectivity index (χ2v) is 6.76. The highest BCUT2D eigenvalue weighted by Gasteiger charge is 2.20. The Balaban J connectivity index is 2.16. The maximum absolute atomic E-state index is 3.79. The van der Waals surface area contributed by atoms with Gasteiger partial charge in [0.15, 0.2) is 0 Å². The molecular formula is C15H21NS2. The van der Waals surface area contributed by atoms with Crippen LogP contribution in [0.3, 0.4) is 0 Å². The van der Waals surface area contributed by atoms with Gasteiger partial charge in [-0.3, -0.25) is 0 Å². The van der Waals surface area contributed by atoms with Crippen LogP contribution in [0.4, 0.5) is 0 Å². The van der Waals surface area contributed by atoms with Crippen molar-refractivity contribution in [3.05, 3.63) is 44.8 Å². The van der Waals surface area contributed by atoms with Crippen molar-refractivity contribution in [2.45, 2.75) is 39.3 Å². The summed E-state index contributed by atoms with van der Waals surface area (Å²) in [4.78, 5) is 2.82. The molecule has 0 fully saturated rings. The first-order valence-electron chi connectivity index (χ1n) is 6.55. The fraction of sp³-hybridized carbons (Fsp3) is 0.467. The van der Waals surface area contributed by atoms with Crippen LogP contribution in [0, 0.1) is 5.92 Å². The van der Waals surface area contributed by atoms with Gasteiger partial charge in [-0.1, -0.05) is 32.4 Å². The van der Waals surface area contributed by atoms with Crippen molar-refractivity contribution in [1.82, 2.24) is 5.32 Å². The molecule has 0 saturated carbocycles. The summed E-state index contributed by atoms with van der Waals surface area (Å²) >= 11 is 3.67. The molecule has 0 aliphatic rings.